The molecule has 2 heterocycles. The average molecular weight is 177 g/mol. The van der Waals surface area contributed by atoms with Crippen molar-refractivity contribution in [3.05, 3.63) is 24.2 Å². The van der Waals surface area contributed by atoms with E-state index in [1.807, 2.05) is 0 Å². The molecule has 2 rings (SSSR count). The summed E-state index contributed by atoms with van der Waals surface area (Å²) in [5, 5.41) is 9.37. The average Bonchev–Trinajstić information content (AvgIpc) is 2.49. The number of nitrogens with zero attached hydrogens (tertiary/aromatic N) is 1. The van der Waals surface area contributed by atoms with Crippen molar-refractivity contribution >= 4 is 22.6 Å². The van der Waals surface area contributed by atoms with Crippen molar-refractivity contribution < 1.29 is 9.90 Å². The molecule has 0 aliphatic rings. The van der Waals surface area contributed by atoms with E-state index in [9.17, 15) is 4.79 Å². The van der Waals surface area contributed by atoms with Gasteiger partial charge in [-0.05, 0) is 6.07 Å². The van der Waals surface area contributed by atoms with Crippen molar-refractivity contribution in [1.29, 1.82) is 0 Å². The van der Waals surface area contributed by atoms with Gasteiger partial charge in [-0.1, -0.05) is 0 Å². The lowest BCUT2D eigenvalue weighted by Gasteiger charge is -1.91. The van der Waals surface area contributed by atoms with Gasteiger partial charge < -0.3 is 15.8 Å². The molecule has 5 nitrogen and oxygen atoms in total. The highest BCUT2D eigenvalue weighted by atomic mass is 16.4. The lowest BCUT2D eigenvalue weighted by atomic mass is 10.3. The van der Waals surface area contributed by atoms with Crippen LogP contribution in [0.15, 0.2) is 18.5 Å². The number of carbonyl (C=O) groups is 1. The van der Waals surface area contributed by atoms with Crippen LogP contribution in [0.25, 0.3) is 10.9 Å². The molecular formula is C8H7N3O2. The van der Waals surface area contributed by atoms with Crippen molar-refractivity contribution in [2.45, 2.75) is 0 Å². The van der Waals surface area contributed by atoms with Gasteiger partial charge in [0, 0.05) is 5.39 Å². The van der Waals surface area contributed by atoms with Crippen molar-refractivity contribution in [2.75, 3.05) is 5.73 Å². The van der Waals surface area contributed by atoms with Gasteiger partial charge in [0.2, 0.25) is 0 Å². The number of carboxylic acid groups (broad SMARTS) is 1. The van der Waals surface area contributed by atoms with Gasteiger partial charge in [0.15, 0.2) is 0 Å². The molecular weight excluding hydrogens is 170 g/mol. The van der Waals surface area contributed by atoms with E-state index in [4.69, 9.17) is 10.8 Å². The van der Waals surface area contributed by atoms with Gasteiger partial charge in [-0.15, -0.1) is 0 Å². The number of aromatic nitrogens is 2. The highest BCUT2D eigenvalue weighted by Crippen LogP contribution is 2.19. The number of pyridine rings is 1. The summed E-state index contributed by atoms with van der Waals surface area (Å²) in [4.78, 5) is 17.1. The number of rotatable bonds is 1. The normalized spacial score (nSPS) is 10.5. The lowest BCUT2D eigenvalue weighted by molar-refractivity contribution is 0.0691. The van der Waals surface area contributed by atoms with Crippen LogP contribution in [0.2, 0.25) is 0 Å². The monoisotopic (exact) mass is 177 g/mol. The Morgan fingerprint density at radius 3 is 2.92 bits per heavy atom. The van der Waals surface area contributed by atoms with Crippen molar-refractivity contribution in [1.82, 2.24) is 9.97 Å². The molecule has 4 N–H and O–H groups in total. The summed E-state index contributed by atoms with van der Waals surface area (Å²) in [5.41, 5.74) is 6.82. The van der Waals surface area contributed by atoms with Crippen LogP contribution in [-0.2, 0) is 0 Å². The standard InChI is InChI=1S/C8H7N3O2/c9-5-2-10-3-7-4(5)1-6(11-7)8(12)13/h1-3,11H,9H2,(H,12,13). The van der Waals surface area contributed by atoms with Crippen LogP contribution in [0.3, 0.4) is 0 Å². The first-order valence-electron chi connectivity index (χ1n) is 3.64. The van der Waals surface area contributed by atoms with Crippen LogP contribution in [0.5, 0.6) is 0 Å². The number of anilines is 1. The Bertz CT molecular complexity index is 475. The van der Waals surface area contributed by atoms with E-state index in [0.29, 0.717) is 16.6 Å². The smallest absolute Gasteiger partial charge is 0.352 e. The Morgan fingerprint density at radius 1 is 1.54 bits per heavy atom. The third kappa shape index (κ3) is 1.10. The zero-order valence-corrected chi connectivity index (χ0v) is 6.61. The molecule has 66 valence electrons. The summed E-state index contributed by atoms with van der Waals surface area (Å²) in [6.07, 6.45) is 3.03. The number of aromatic carboxylic acids is 1. The van der Waals surface area contributed by atoms with Crippen LogP contribution in [0, 0.1) is 0 Å². The Balaban J connectivity index is 2.75. The maximum absolute atomic E-state index is 10.6. The molecule has 0 bridgehead atoms. The Hall–Kier alpha value is -2.04. The number of carboxylic acids is 1. The fourth-order valence-corrected chi connectivity index (χ4v) is 1.19. The molecule has 0 radical (unpaired) electrons. The molecule has 2 aromatic rings. The number of aromatic amines is 1. The van der Waals surface area contributed by atoms with Gasteiger partial charge in [-0.2, -0.15) is 0 Å². The number of fused-ring (bicyclic) bond motifs is 1. The maximum Gasteiger partial charge on any atom is 0.352 e. The van der Waals surface area contributed by atoms with Crippen LogP contribution in [0.1, 0.15) is 10.5 Å². The van der Waals surface area contributed by atoms with Gasteiger partial charge in [-0.25, -0.2) is 4.79 Å². The number of hydrogen-bond acceptors (Lipinski definition) is 3. The van der Waals surface area contributed by atoms with E-state index < -0.39 is 5.97 Å². The number of nitrogens with one attached hydrogen (secondary N) is 1. The second-order valence-corrected chi connectivity index (χ2v) is 2.68. The summed E-state index contributed by atoms with van der Waals surface area (Å²) in [5.74, 6) is -1.00. The fourth-order valence-electron chi connectivity index (χ4n) is 1.19. The Kier molecular flexibility index (Phi) is 1.45. The molecule has 5 heteroatoms. The molecule has 0 amide bonds. The molecule has 0 atom stereocenters. The number of nitrogens with two attached hydrogens (primary N) is 1. The molecule has 13 heavy (non-hydrogen) atoms. The van der Waals surface area contributed by atoms with Gasteiger partial charge in [0.05, 0.1) is 23.6 Å². The van der Waals surface area contributed by atoms with E-state index >= 15 is 0 Å². The summed E-state index contributed by atoms with van der Waals surface area (Å²) in [6, 6.07) is 1.49. The Labute approximate surface area is 73.2 Å². The molecule has 0 aliphatic carbocycles. The minimum Gasteiger partial charge on any atom is -0.477 e. The maximum atomic E-state index is 10.6. The summed E-state index contributed by atoms with van der Waals surface area (Å²) >= 11 is 0. The molecule has 0 fully saturated rings. The van der Waals surface area contributed by atoms with E-state index in [0.717, 1.165) is 0 Å². The van der Waals surface area contributed by atoms with Crippen LogP contribution in [-0.4, -0.2) is 21.0 Å². The third-order valence-corrected chi connectivity index (χ3v) is 1.81. The first-order chi connectivity index (χ1) is 6.18. The minimum absolute atomic E-state index is 0.120. The molecule has 0 saturated carbocycles. The van der Waals surface area contributed by atoms with Gasteiger partial charge in [0.25, 0.3) is 0 Å². The van der Waals surface area contributed by atoms with Crippen molar-refractivity contribution in [2.24, 2.45) is 0 Å². The van der Waals surface area contributed by atoms with Crippen LogP contribution < -0.4 is 5.73 Å². The highest BCUT2D eigenvalue weighted by molar-refractivity contribution is 5.97. The van der Waals surface area contributed by atoms with Gasteiger partial charge >= 0.3 is 5.97 Å². The van der Waals surface area contributed by atoms with E-state index in [1.165, 1.54) is 18.5 Å². The third-order valence-electron chi connectivity index (χ3n) is 1.81. The molecule has 0 aromatic carbocycles. The summed E-state index contributed by atoms with van der Waals surface area (Å²) in [7, 11) is 0. The Morgan fingerprint density at radius 2 is 2.31 bits per heavy atom. The van der Waals surface area contributed by atoms with Crippen molar-refractivity contribution in [3.8, 4) is 0 Å². The van der Waals surface area contributed by atoms with Crippen LogP contribution >= 0.6 is 0 Å². The first kappa shape index (κ1) is 7.60. The SMILES string of the molecule is Nc1cncc2[nH]c(C(=O)O)cc12. The lowest BCUT2D eigenvalue weighted by Crippen LogP contribution is -1.94. The zero-order valence-electron chi connectivity index (χ0n) is 6.61. The second kappa shape index (κ2) is 2.48. The predicted molar refractivity (Wildman–Crippen MR) is 47.5 cm³/mol. The molecule has 0 saturated heterocycles. The largest absolute Gasteiger partial charge is 0.477 e. The molecule has 0 aliphatic heterocycles. The summed E-state index contributed by atoms with van der Waals surface area (Å²) in [6.45, 7) is 0. The zero-order chi connectivity index (χ0) is 9.42. The van der Waals surface area contributed by atoms with Gasteiger partial charge in [0.1, 0.15) is 5.69 Å². The molecule has 0 unspecified atom stereocenters. The molecule has 0 spiro atoms. The van der Waals surface area contributed by atoms with Crippen molar-refractivity contribution in [3.63, 3.8) is 0 Å². The van der Waals surface area contributed by atoms with Crippen LogP contribution in [0.4, 0.5) is 5.69 Å². The highest BCUT2D eigenvalue weighted by Gasteiger charge is 2.08. The fraction of sp³-hybridized carbons (Fsp3) is 0. The molecule has 2 aromatic heterocycles. The second-order valence-electron chi connectivity index (χ2n) is 2.68. The predicted octanol–water partition coefficient (Wildman–Crippen LogP) is 0.843. The number of hydrogen-bond donors (Lipinski definition) is 3. The van der Waals surface area contributed by atoms with Gasteiger partial charge in [-0.3, -0.25) is 4.98 Å². The van der Waals surface area contributed by atoms with E-state index in [1.54, 1.807) is 0 Å². The number of nitrogen functional groups attached to an aromatic ring is 1. The number of H-pyrrole nitrogens is 1. The summed E-state index contributed by atoms with van der Waals surface area (Å²) < 4.78 is 0. The van der Waals surface area contributed by atoms with E-state index in [-0.39, 0.29) is 5.69 Å². The minimum atomic E-state index is -1.00. The topological polar surface area (TPSA) is 92.0 Å². The van der Waals surface area contributed by atoms with E-state index in [2.05, 4.69) is 9.97 Å². The quantitative estimate of drug-likeness (QED) is 0.601. The first-order valence-corrected chi connectivity index (χ1v) is 3.64.